The van der Waals surface area contributed by atoms with Gasteiger partial charge < -0.3 is 10.1 Å². The van der Waals surface area contributed by atoms with Gasteiger partial charge in [-0.25, -0.2) is 4.98 Å². The van der Waals surface area contributed by atoms with Gasteiger partial charge in [-0.15, -0.1) is 0 Å². The van der Waals surface area contributed by atoms with E-state index in [0.717, 1.165) is 11.3 Å². The molecule has 0 atom stereocenters. The van der Waals surface area contributed by atoms with Gasteiger partial charge in [0.2, 0.25) is 0 Å². The van der Waals surface area contributed by atoms with Crippen LogP contribution in [0, 0.1) is 0 Å². The topological polar surface area (TPSA) is 43.3 Å². The molecule has 3 nitrogen and oxygen atoms in total. The molecule has 0 saturated heterocycles. The Morgan fingerprint density at radius 1 is 1.50 bits per heavy atom. The summed E-state index contributed by atoms with van der Waals surface area (Å²) in [6.07, 6.45) is 3.85. The maximum absolute atomic E-state index is 5.90. The van der Waals surface area contributed by atoms with Crippen LogP contribution in [-0.2, 0) is 0 Å². The molecule has 4 heteroatoms. The van der Waals surface area contributed by atoms with Crippen molar-refractivity contribution in [1.29, 1.82) is 0 Å². The normalized spacial score (nSPS) is 11.4. The van der Waals surface area contributed by atoms with Crippen molar-refractivity contribution in [2.75, 3.05) is 5.73 Å². The quantitative estimate of drug-likeness (QED) is 0.785. The summed E-state index contributed by atoms with van der Waals surface area (Å²) < 4.78 is 1.90. The van der Waals surface area contributed by atoms with Gasteiger partial charge in [0.25, 0.3) is 0 Å². The molecule has 2 aromatic rings. The maximum Gasteiger partial charge on any atom is 0.161 e. The van der Waals surface area contributed by atoms with Gasteiger partial charge in [-0.1, -0.05) is 25.4 Å². The maximum atomic E-state index is 5.90. The SMILES string of the molecule is CC(C)c1cn2ccc(Cl)c(N)c2n1. The van der Waals surface area contributed by atoms with Crippen LogP contribution >= 0.6 is 11.6 Å². The summed E-state index contributed by atoms with van der Waals surface area (Å²) in [6.45, 7) is 4.19. The van der Waals surface area contributed by atoms with E-state index in [1.807, 2.05) is 16.8 Å². The average Bonchev–Trinajstić information content (AvgIpc) is 2.56. The highest BCUT2D eigenvalue weighted by Crippen LogP contribution is 2.24. The lowest BCUT2D eigenvalue weighted by molar-refractivity contribution is 0.834. The molecule has 0 unspecified atom stereocenters. The predicted molar refractivity (Wildman–Crippen MR) is 58.7 cm³/mol. The number of fused-ring (bicyclic) bond motifs is 1. The molecule has 0 radical (unpaired) electrons. The number of nitrogen functional groups attached to an aromatic ring is 1. The van der Waals surface area contributed by atoms with Crippen molar-refractivity contribution in [3.8, 4) is 0 Å². The monoisotopic (exact) mass is 209 g/mol. The molecule has 0 aliphatic carbocycles. The molecule has 0 aliphatic heterocycles. The number of pyridine rings is 1. The number of hydrogen-bond acceptors (Lipinski definition) is 2. The summed E-state index contributed by atoms with van der Waals surface area (Å²) in [7, 11) is 0. The van der Waals surface area contributed by atoms with Crippen molar-refractivity contribution >= 4 is 22.9 Å². The number of rotatable bonds is 1. The molecule has 0 aromatic carbocycles. The number of imidazole rings is 1. The van der Waals surface area contributed by atoms with Crippen molar-refractivity contribution < 1.29 is 0 Å². The van der Waals surface area contributed by atoms with Gasteiger partial charge in [-0.2, -0.15) is 0 Å². The van der Waals surface area contributed by atoms with Crippen LogP contribution in [0.1, 0.15) is 25.5 Å². The molecule has 0 fully saturated rings. The molecule has 2 heterocycles. The van der Waals surface area contributed by atoms with Gasteiger partial charge in [-0.05, 0) is 12.0 Å². The minimum atomic E-state index is 0.396. The van der Waals surface area contributed by atoms with Crippen LogP contribution in [0.25, 0.3) is 5.65 Å². The zero-order chi connectivity index (χ0) is 10.3. The first-order valence-corrected chi connectivity index (χ1v) is 4.90. The zero-order valence-corrected chi connectivity index (χ0v) is 8.92. The Morgan fingerprint density at radius 2 is 2.21 bits per heavy atom. The van der Waals surface area contributed by atoms with E-state index in [2.05, 4.69) is 18.8 Å². The minimum absolute atomic E-state index is 0.396. The molecule has 0 saturated carbocycles. The Bertz CT molecular complexity index is 473. The third kappa shape index (κ3) is 1.34. The Balaban J connectivity index is 2.71. The van der Waals surface area contributed by atoms with Gasteiger partial charge in [-0.3, -0.25) is 0 Å². The summed E-state index contributed by atoms with van der Waals surface area (Å²) >= 11 is 5.90. The Hall–Kier alpha value is -1.22. The fourth-order valence-electron chi connectivity index (χ4n) is 1.35. The van der Waals surface area contributed by atoms with Crippen LogP contribution in [0.15, 0.2) is 18.5 Å². The minimum Gasteiger partial charge on any atom is -0.394 e. The van der Waals surface area contributed by atoms with E-state index < -0.39 is 0 Å². The standard InChI is InChI=1S/C10H12ClN3/c1-6(2)8-5-14-4-3-7(11)9(12)10(14)13-8/h3-6H,12H2,1-2H3. The highest BCUT2D eigenvalue weighted by atomic mass is 35.5. The first-order valence-electron chi connectivity index (χ1n) is 4.52. The zero-order valence-electron chi connectivity index (χ0n) is 8.16. The van der Waals surface area contributed by atoms with Crippen molar-refractivity contribution in [3.63, 3.8) is 0 Å². The summed E-state index contributed by atoms with van der Waals surface area (Å²) in [5, 5.41) is 0.554. The Labute approximate surface area is 87.5 Å². The van der Waals surface area contributed by atoms with Crippen molar-refractivity contribution in [3.05, 3.63) is 29.2 Å². The van der Waals surface area contributed by atoms with E-state index >= 15 is 0 Å². The summed E-state index contributed by atoms with van der Waals surface area (Å²) in [5.74, 6) is 0.396. The number of nitrogens with zero attached hydrogens (tertiary/aromatic N) is 2. The van der Waals surface area contributed by atoms with E-state index in [4.69, 9.17) is 17.3 Å². The van der Waals surface area contributed by atoms with Crippen LogP contribution in [-0.4, -0.2) is 9.38 Å². The Kier molecular flexibility index (Phi) is 2.11. The lowest BCUT2D eigenvalue weighted by atomic mass is 10.2. The smallest absolute Gasteiger partial charge is 0.161 e. The van der Waals surface area contributed by atoms with E-state index in [1.165, 1.54) is 0 Å². The third-order valence-electron chi connectivity index (χ3n) is 2.22. The van der Waals surface area contributed by atoms with Crippen LogP contribution in [0.4, 0.5) is 5.69 Å². The van der Waals surface area contributed by atoms with Crippen molar-refractivity contribution in [2.24, 2.45) is 0 Å². The lowest BCUT2D eigenvalue weighted by Crippen LogP contribution is -1.92. The van der Waals surface area contributed by atoms with Gasteiger partial charge in [0, 0.05) is 12.4 Å². The summed E-state index contributed by atoms with van der Waals surface area (Å²) in [4.78, 5) is 4.43. The Morgan fingerprint density at radius 3 is 2.86 bits per heavy atom. The van der Waals surface area contributed by atoms with Crippen LogP contribution in [0.5, 0.6) is 0 Å². The van der Waals surface area contributed by atoms with Gasteiger partial charge in [0.1, 0.15) is 0 Å². The second kappa shape index (κ2) is 3.17. The number of aromatic nitrogens is 2. The number of hydrogen-bond donors (Lipinski definition) is 1. The molecular weight excluding hydrogens is 198 g/mol. The highest BCUT2D eigenvalue weighted by molar-refractivity contribution is 6.33. The largest absolute Gasteiger partial charge is 0.394 e. The number of anilines is 1. The molecule has 2 aromatic heterocycles. The van der Waals surface area contributed by atoms with Gasteiger partial charge in [0.15, 0.2) is 5.65 Å². The van der Waals surface area contributed by atoms with Crippen molar-refractivity contribution in [1.82, 2.24) is 9.38 Å². The molecule has 0 aliphatic rings. The van der Waals surface area contributed by atoms with Crippen molar-refractivity contribution in [2.45, 2.75) is 19.8 Å². The molecule has 2 N–H and O–H groups in total. The first kappa shape index (κ1) is 9.34. The number of halogens is 1. The van der Waals surface area contributed by atoms with E-state index in [1.54, 1.807) is 6.07 Å². The third-order valence-corrected chi connectivity index (χ3v) is 2.55. The molecule has 14 heavy (non-hydrogen) atoms. The predicted octanol–water partition coefficient (Wildman–Crippen LogP) is 2.69. The van der Waals surface area contributed by atoms with Gasteiger partial charge >= 0.3 is 0 Å². The second-order valence-corrected chi connectivity index (χ2v) is 4.04. The molecule has 0 spiro atoms. The van der Waals surface area contributed by atoms with E-state index in [9.17, 15) is 0 Å². The summed E-state index contributed by atoms with van der Waals surface area (Å²) in [6, 6.07) is 1.77. The molecule has 74 valence electrons. The first-order chi connectivity index (χ1) is 6.59. The van der Waals surface area contributed by atoms with Crippen LogP contribution < -0.4 is 5.73 Å². The lowest BCUT2D eigenvalue weighted by Gasteiger charge is -1.98. The summed E-state index contributed by atoms with van der Waals surface area (Å²) in [5.41, 5.74) is 8.12. The number of nitrogens with two attached hydrogens (primary N) is 1. The van der Waals surface area contributed by atoms with Crippen LogP contribution in [0.3, 0.4) is 0 Å². The average molecular weight is 210 g/mol. The second-order valence-electron chi connectivity index (χ2n) is 3.63. The van der Waals surface area contributed by atoms with E-state index in [0.29, 0.717) is 16.6 Å². The molecule has 0 amide bonds. The molecule has 0 bridgehead atoms. The molecule has 2 rings (SSSR count). The fraction of sp³-hybridized carbons (Fsp3) is 0.300. The molecular formula is C10H12ClN3. The van der Waals surface area contributed by atoms with Gasteiger partial charge in [0.05, 0.1) is 16.4 Å². The van der Waals surface area contributed by atoms with Crippen LogP contribution in [0.2, 0.25) is 5.02 Å². The highest BCUT2D eigenvalue weighted by Gasteiger charge is 2.09. The fourth-order valence-corrected chi connectivity index (χ4v) is 1.49. The van der Waals surface area contributed by atoms with E-state index in [-0.39, 0.29) is 0 Å².